The molecule has 3 aromatic rings. The standard InChI is InChI=1S/C25H22BrNO/c1-25(2)13-19-22-18-9-4-3-6-15(18)10-11-20(22)27-24(23(19)21(28)14-25)16-7-5-8-17(26)12-16/h3-12,24,27H,13-14H2,1-2H3. The molecule has 1 heterocycles. The summed E-state index contributed by atoms with van der Waals surface area (Å²) in [6.07, 6.45) is 1.51. The summed E-state index contributed by atoms with van der Waals surface area (Å²) in [6, 6.07) is 21.0. The van der Waals surface area contributed by atoms with Gasteiger partial charge in [0.2, 0.25) is 0 Å². The first kappa shape index (κ1) is 17.7. The molecule has 2 aliphatic rings. The number of benzene rings is 3. The summed E-state index contributed by atoms with van der Waals surface area (Å²) >= 11 is 3.59. The Morgan fingerprint density at radius 3 is 2.64 bits per heavy atom. The monoisotopic (exact) mass is 431 g/mol. The van der Waals surface area contributed by atoms with Crippen LogP contribution in [0.15, 0.2) is 70.7 Å². The van der Waals surface area contributed by atoms with E-state index in [2.05, 4.69) is 83.6 Å². The largest absolute Gasteiger partial charge is 0.373 e. The third-order valence-corrected chi connectivity index (χ3v) is 6.41. The molecule has 0 saturated heterocycles. The number of Topliss-reactive ketones (excluding diaryl/α,β-unsaturated/α-hetero) is 1. The van der Waals surface area contributed by atoms with Crippen LogP contribution in [0.5, 0.6) is 0 Å². The number of fused-ring (bicyclic) bond motifs is 4. The van der Waals surface area contributed by atoms with Crippen LogP contribution < -0.4 is 5.32 Å². The number of carbonyl (C=O) groups is 1. The number of allylic oxidation sites excluding steroid dienone is 1. The van der Waals surface area contributed by atoms with E-state index in [1.165, 1.54) is 21.9 Å². The van der Waals surface area contributed by atoms with Crippen molar-refractivity contribution in [3.8, 4) is 0 Å². The van der Waals surface area contributed by atoms with Crippen molar-refractivity contribution >= 4 is 43.7 Å². The normalized spacial score (nSPS) is 20.5. The van der Waals surface area contributed by atoms with Crippen LogP contribution in [0.25, 0.3) is 16.3 Å². The van der Waals surface area contributed by atoms with Crippen LogP contribution in [0.3, 0.4) is 0 Å². The Morgan fingerprint density at radius 1 is 1.00 bits per heavy atom. The molecule has 3 aromatic carbocycles. The second-order valence-corrected chi connectivity index (χ2v) is 9.59. The van der Waals surface area contributed by atoms with Gasteiger partial charge in [0.15, 0.2) is 5.78 Å². The van der Waals surface area contributed by atoms with Crippen molar-refractivity contribution < 1.29 is 4.79 Å². The van der Waals surface area contributed by atoms with Gasteiger partial charge < -0.3 is 5.32 Å². The fourth-order valence-electron chi connectivity index (χ4n) is 4.77. The fraction of sp³-hybridized carbons (Fsp3) is 0.240. The molecule has 1 N–H and O–H groups in total. The van der Waals surface area contributed by atoms with Crippen LogP contribution in [0, 0.1) is 5.41 Å². The van der Waals surface area contributed by atoms with E-state index in [0.717, 1.165) is 27.7 Å². The summed E-state index contributed by atoms with van der Waals surface area (Å²) in [7, 11) is 0. The highest BCUT2D eigenvalue weighted by Crippen LogP contribution is 2.52. The average molecular weight is 432 g/mol. The van der Waals surface area contributed by atoms with Gasteiger partial charge in [0, 0.05) is 27.7 Å². The molecule has 3 heteroatoms. The predicted octanol–water partition coefficient (Wildman–Crippen LogP) is 6.91. The fourth-order valence-corrected chi connectivity index (χ4v) is 5.19. The van der Waals surface area contributed by atoms with Crippen molar-refractivity contribution in [2.45, 2.75) is 32.7 Å². The summed E-state index contributed by atoms with van der Waals surface area (Å²) in [6.45, 7) is 4.41. The van der Waals surface area contributed by atoms with Crippen LogP contribution in [-0.4, -0.2) is 5.78 Å². The Morgan fingerprint density at radius 2 is 1.82 bits per heavy atom. The number of hydrogen-bond donors (Lipinski definition) is 1. The van der Waals surface area contributed by atoms with Gasteiger partial charge in [0.1, 0.15) is 0 Å². The number of ketones is 1. The first-order valence-corrected chi connectivity index (χ1v) is 10.5. The van der Waals surface area contributed by atoms with E-state index in [9.17, 15) is 4.79 Å². The van der Waals surface area contributed by atoms with Crippen molar-refractivity contribution in [3.05, 3.63) is 81.8 Å². The molecule has 2 nitrogen and oxygen atoms in total. The van der Waals surface area contributed by atoms with E-state index in [4.69, 9.17) is 0 Å². The van der Waals surface area contributed by atoms with Crippen molar-refractivity contribution in [1.29, 1.82) is 0 Å². The lowest BCUT2D eigenvalue weighted by Crippen LogP contribution is -2.33. The third-order valence-electron chi connectivity index (χ3n) is 5.92. The van der Waals surface area contributed by atoms with Gasteiger partial charge in [-0.2, -0.15) is 0 Å². The molecule has 0 aromatic heterocycles. The van der Waals surface area contributed by atoms with Gasteiger partial charge in [-0.3, -0.25) is 4.79 Å². The minimum Gasteiger partial charge on any atom is -0.373 e. The van der Waals surface area contributed by atoms with Gasteiger partial charge in [-0.15, -0.1) is 0 Å². The summed E-state index contributed by atoms with van der Waals surface area (Å²) in [5, 5.41) is 6.13. The van der Waals surface area contributed by atoms with Crippen molar-refractivity contribution in [1.82, 2.24) is 0 Å². The minimum atomic E-state index is -0.107. The average Bonchev–Trinajstić information content (AvgIpc) is 2.66. The van der Waals surface area contributed by atoms with Gasteiger partial charge in [-0.1, -0.05) is 72.2 Å². The summed E-state index contributed by atoms with van der Waals surface area (Å²) in [5.41, 5.74) is 5.59. The van der Waals surface area contributed by atoms with Gasteiger partial charge in [-0.25, -0.2) is 0 Å². The van der Waals surface area contributed by atoms with Crippen LogP contribution in [0.4, 0.5) is 5.69 Å². The minimum absolute atomic E-state index is 0.0245. The summed E-state index contributed by atoms with van der Waals surface area (Å²) < 4.78 is 1.03. The maximum absolute atomic E-state index is 13.3. The molecule has 140 valence electrons. The molecule has 0 radical (unpaired) electrons. The second-order valence-electron chi connectivity index (χ2n) is 8.67. The van der Waals surface area contributed by atoms with E-state index in [0.29, 0.717) is 6.42 Å². The maximum atomic E-state index is 13.3. The quantitative estimate of drug-likeness (QED) is 0.453. The van der Waals surface area contributed by atoms with Crippen LogP contribution in [0.1, 0.15) is 43.9 Å². The van der Waals surface area contributed by atoms with E-state index >= 15 is 0 Å². The third kappa shape index (κ3) is 2.80. The lowest BCUT2D eigenvalue weighted by molar-refractivity contribution is -0.118. The number of rotatable bonds is 1. The van der Waals surface area contributed by atoms with Gasteiger partial charge in [0.25, 0.3) is 0 Å². The Balaban J connectivity index is 1.81. The number of halogens is 1. The zero-order valence-corrected chi connectivity index (χ0v) is 17.6. The summed E-state index contributed by atoms with van der Waals surface area (Å²) in [4.78, 5) is 13.3. The highest BCUT2D eigenvalue weighted by molar-refractivity contribution is 9.10. The Hall–Kier alpha value is -2.39. The Labute approximate surface area is 173 Å². The first-order chi connectivity index (χ1) is 13.4. The van der Waals surface area contributed by atoms with E-state index in [1.54, 1.807) is 0 Å². The zero-order valence-electron chi connectivity index (χ0n) is 16.1. The molecule has 0 fully saturated rings. The first-order valence-electron chi connectivity index (χ1n) is 9.73. The van der Waals surface area contributed by atoms with Crippen molar-refractivity contribution in [3.63, 3.8) is 0 Å². The molecule has 1 atom stereocenters. The molecular formula is C25H22BrNO. The molecule has 1 aliphatic heterocycles. The molecule has 28 heavy (non-hydrogen) atoms. The van der Waals surface area contributed by atoms with E-state index < -0.39 is 0 Å². The predicted molar refractivity (Wildman–Crippen MR) is 119 cm³/mol. The summed E-state index contributed by atoms with van der Waals surface area (Å²) in [5.74, 6) is 0.266. The molecular weight excluding hydrogens is 410 g/mol. The number of nitrogens with one attached hydrogen (secondary N) is 1. The van der Waals surface area contributed by atoms with Gasteiger partial charge in [-0.05, 0) is 51.9 Å². The lowest BCUT2D eigenvalue weighted by Gasteiger charge is -2.40. The molecule has 5 rings (SSSR count). The molecule has 1 aliphatic carbocycles. The van der Waals surface area contributed by atoms with E-state index in [1.807, 2.05) is 12.1 Å². The van der Waals surface area contributed by atoms with E-state index in [-0.39, 0.29) is 17.2 Å². The number of hydrogen-bond acceptors (Lipinski definition) is 2. The smallest absolute Gasteiger partial charge is 0.162 e. The molecule has 1 unspecified atom stereocenters. The molecule has 0 bridgehead atoms. The van der Waals surface area contributed by atoms with Crippen LogP contribution >= 0.6 is 15.9 Å². The van der Waals surface area contributed by atoms with Crippen LogP contribution in [0.2, 0.25) is 0 Å². The zero-order chi connectivity index (χ0) is 19.5. The van der Waals surface area contributed by atoms with Crippen LogP contribution in [-0.2, 0) is 4.79 Å². The van der Waals surface area contributed by atoms with Crippen molar-refractivity contribution in [2.75, 3.05) is 5.32 Å². The number of anilines is 1. The molecule has 0 spiro atoms. The highest BCUT2D eigenvalue weighted by Gasteiger charge is 2.40. The Kier molecular flexibility index (Phi) is 3.99. The lowest BCUT2D eigenvalue weighted by atomic mass is 9.68. The van der Waals surface area contributed by atoms with Gasteiger partial charge in [0.05, 0.1) is 6.04 Å². The topological polar surface area (TPSA) is 29.1 Å². The maximum Gasteiger partial charge on any atom is 0.162 e. The highest BCUT2D eigenvalue weighted by atomic mass is 79.9. The molecule has 0 amide bonds. The second kappa shape index (κ2) is 6.31. The van der Waals surface area contributed by atoms with Crippen molar-refractivity contribution in [2.24, 2.45) is 5.41 Å². The molecule has 0 saturated carbocycles. The Bertz CT molecular complexity index is 1160. The SMILES string of the molecule is CC1(C)CC(=O)C2=C(C1)c1c(ccc3ccccc13)NC2c1cccc(Br)c1. The number of carbonyl (C=O) groups excluding carboxylic acids is 1. The van der Waals surface area contributed by atoms with Gasteiger partial charge >= 0.3 is 0 Å².